The van der Waals surface area contributed by atoms with Crippen molar-refractivity contribution < 1.29 is 17.7 Å². The molecule has 1 N–H and O–H groups in total. The zero-order valence-corrected chi connectivity index (χ0v) is 18.7. The lowest BCUT2D eigenvalue weighted by Gasteiger charge is -2.36. The van der Waals surface area contributed by atoms with Gasteiger partial charge in [0.25, 0.3) is 0 Å². The van der Waals surface area contributed by atoms with Crippen LogP contribution < -0.4 is 10.2 Å². The highest BCUT2D eigenvalue weighted by molar-refractivity contribution is 5.64. The second kappa shape index (κ2) is 10.4. The summed E-state index contributed by atoms with van der Waals surface area (Å²) in [6.07, 6.45) is -3.44. The van der Waals surface area contributed by atoms with Gasteiger partial charge in [-0.1, -0.05) is 41.1 Å². The Kier molecular flexibility index (Phi) is 7.35. The van der Waals surface area contributed by atoms with Crippen molar-refractivity contribution in [2.24, 2.45) is 0 Å². The van der Waals surface area contributed by atoms with Crippen molar-refractivity contribution in [3.63, 3.8) is 0 Å². The van der Waals surface area contributed by atoms with Crippen molar-refractivity contribution in [1.82, 2.24) is 15.4 Å². The molecule has 2 aromatic carbocycles. The van der Waals surface area contributed by atoms with Gasteiger partial charge in [-0.05, 0) is 44.6 Å². The summed E-state index contributed by atoms with van der Waals surface area (Å²) in [7, 11) is 0. The molecule has 0 unspecified atom stereocenters. The van der Waals surface area contributed by atoms with Crippen molar-refractivity contribution in [2.45, 2.75) is 26.1 Å². The Hall–Kier alpha value is -2.84. The minimum atomic E-state index is -4.43. The maximum absolute atomic E-state index is 13.2. The summed E-state index contributed by atoms with van der Waals surface area (Å²) in [5.41, 5.74) is 2.08. The smallest absolute Gasteiger partial charge is 0.369 e. The van der Waals surface area contributed by atoms with Gasteiger partial charge < -0.3 is 14.7 Å². The molecule has 5 nitrogen and oxygen atoms in total. The van der Waals surface area contributed by atoms with E-state index in [0.717, 1.165) is 51.8 Å². The highest BCUT2D eigenvalue weighted by Crippen LogP contribution is 2.36. The van der Waals surface area contributed by atoms with Crippen LogP contribution in [0.1, 0.15) is 23.3 Å². The molecule has 1 saturated heterocycles. The van der Waals surface area contributed by atoms with Crippen LogP contribution in [0.5, 0.6) is 0 Å². The number of nitrogens with one attached hydrogen (secondary N) is 1. The van der Waals surface area contributed by atoms with Gasteiger partial charge in [0, 0.05) is 43.5 Å². The minimum absolute atomic E-state index is 0.0322. The van der Waals surface area contributed by atoms with Crippen LogP contribution in [-0.4, -0.2) is 49.3 Å². The molecule has 1 fully saturated rings. The summed E-state index contributed by atoms with van der Waals surface area (Å²) in [5.74, 6) is 0.522. The third-order valence-electron chi connectivity index (χ3n) is 5.97. The molecule has 33 heavy (non-hydrogen) atoms. The van der Waals surface area contributed by atoms with Crippen LogP contribution >= 0.6 is 0 Å². The summed E-state index contributed by atoms with van der Waals surface area (Å²) >= 11 is 0. The third kappa shape index (κ3) is 6.15. The van der Waals surface area contributed by atoms with E-state index in [-0.39, 0.29) is 11.3 Å². The number of halogens is 3. The monoisotopic (exact) mass is 458 g/mol. The number of nitrogens with zero attached hydrogens (tertiary/aromatic N) is 3. The number of benzene rings is 2. The molecule has 4 rings (SSSR count). The predicted molar refractivity (Wildman–Crippen MR) is 123 cm³/mol. The van der Waals surface area contributed by atoms with Gasteiger partial charge in [-0.3, -0.25) is 4.90 Å². The normalized spacial score (nSPS) is 15.2. The Morgan fingerprint density at radius 2 is 1.73 bits per heavy atom. The Balaban J connectivity index is 1.18. The van der Waals surface area contributed by atoms with E-state index in [1.54, 1.807) is 12.1 Å². The molecule has 0 saturated carbocycles. The summed E-state index contributed by atoms with van der Waals surface area (Å²) in [6, 6.07) is 15.7. The van der Waals surface area contributed by atoms with E-state index in [1.807, 2.05) is 0 Å². The van der Waals surface area contributed by atoms with Crippen LogP contribution in [0.15, 0.2) is 59.1 Å². The number of aromatic nitrogens is 1. The van der Waals surface area contributed by atoms with E-state index in [1.165, 1.54) is 23.4 Å². The summed E-state index contributed by atoms with van der Waals surface area (Å²) in [4.78, 5) is 4.89. The second-order valence-corrected chi connectivity index (χ2v) is 8.42. The Morgan fingerprint density at radius 1 is 1.00 bits per heavy atom. The molecule has 1 aromatic heterocycles. The Labute approximate surface area is 192 Å². The first kappa shape index (κ1) is 23.3. The van der Waals surface area contributed by atoms with Gasteiger partial charge in [-0.25, -0.2) is 0 Å². The van der Waals surface area contributed by atoms with E-state index < -0.39 is 11.7 Å². The van der Waals surface area contributed by atoms with E-state index in [0.29, 0.717) is 12.3 Å². The van der Waals surface area contributed by atoms with Gasteiger partial charge in [-0.2, -0.15) is 13.2 Å². The number of alkyl halides is 3. The average molecular weight is 459 g/mol. The van der Waals surface area contributed by atoms with Crippen LogP contribution in [0.25, 0.3) is 11.3 Å². The molecular weight excluding hydrogens is 429 g/mol. The summed E-state index contributed by atoms with van der Waals surface area (Å²) in [5, 5.41) is 7.14. The van der Waals surface area contributed by atoms with Crippen LogP contribution in [0.3, 0.4) is 0 Å². The number of aryl methyl sites for hydroxylation is 1. The third-order valence-corrected chi connectivity index (χ3v) is 5.97. The molecular formula is C25H29F3N4O. The SMILES string of the molecule is Cc1ccc(N2CCN(CCCNCc3cc(-c4ccccc4C(F)(F)F)no3)CC2)cc1. The predicted octanol–water partition coefficient (Wildman–Crippen LogP) is 4.97. The van der Waals surface area contributed by atoms with E-state index >= 15 is 0 Å². The fourth-order valence-electron chi connectivity index (χ4n) is 4.10. The van der Waals surface area contributed by atoms with E-state index in [9.17, 15) is 13.2 Å². The van der Waals surface area contributed by atoms with Crippen molar-refractivity contribution in [3.8, 4) is 11.3 Å². The average Bonchev–Trinajstić information content (AvgIpc) is 3.28. The largest absolute Gasteiger partial charge is 0.417 e. The van der Waals surface area contributed by atoms with Gasteiger partial charge in [0.1, 0.15) is 5.69 Å². The van der Waals surface area contributed by atoms with Gasteiger partial charge in [-0.15, -0.1) is 0 Å². The molecule has 1 aliphatic heterocycles. The molecule has 2 heterocycles. The van der Waals surface area contributed by atoms with Crippen molar-refractivity contribution in [2.75, 3.05) is 44.2 Å². The Morgan fingerprint density at radius 3 is 2.45 bits per heavy atom. The zero-order valence-electron chi connectivity index (χ0n) is 18.7. The van der Waals surface area contributed by atoms with Crippen LogP contribution in [0.4, 0.5) is 18.9 Å². The molecule has 0 spiro atoms. The topological polar surface area (TPSA) is 44.5 Å². The van der Waals surface area contributed by atoms with Gasteiger partial charge >= 0.3 is 6.18 Å². The zero-order chi connectivity index (χ0) is 23.3. The number of hydrogen-bond donors (Lipinski definition) is 1. The minimum Gasteiger partial charge on any atom is -0.369 e. The molecule has 1 aliphatic rings. The molecule has 0 radical (unpaired) electrons. The van der Waals surface area contributed by atoms with Crippen LogP contribution in [0.2, 0.25) is 0 Å². The highest BCUT2D eigenvalue weighted by Gasteiger charge is 2.34. The van der Waals surface area contributed by atoms with E-state index in [4.69, 9.17) is 4.52 Å². The standard InChI is InChI=1S/C25H29F3N4O/c1-19-7-9-20(10-8-19)32-15-13-31(14-16-32)12-4-11-29-18-21-17-24(30-33-21)22-5-2-3-6-23(22)25(26,27)28/h2-3,5-10,17,29H,4,11-16,18H2,1H3. The molecule has 0 bridgehead atoms. The molecule has 176 valence electrons. The van der Waals surface area contributed by atoms with Crippen molar-refractivity contribution in [3.05, 3.63) is 71.5 Å². The molecule has 0 amide bonds. The van der Waals surface area contributed by atoms with Crippen molar-refractivity contribution >= 4 is 5.69 Å². The lowest BCUT2D eigenvalue weighted by atomic mass is 10.0. The number of rotatable bonds is 8. The van der Waals surface area contributed by atoms with Crippen LogP contribution in [0, 0.1) is 6.92 Å². The van der Waals surface area contributed by atoms with E-state index in [2.05, 4.69) is 51.5 Å². The van der Waals surface area contributed by atoms with Crippen molar-refractivity contribution in [1.29, 1.82) is 0 Å². The number of piperazine rings is 1. The fourth-order valence-corrected chi connectivity index (χ4v) is 4.10. The summed E-state index contributed by atoms with van der Waals surface area (Å²) < 4.78 is 44.9. The lowest BCUT2D eigenvalue weighted by Crippen LogP contribution is -2.46. The summed E-state index contributed by atoms with van der Waals surface area (Å²) in [6.45, 7) is 8.47. The fraction of sp³-hybridized carbons (Fsp3) is 0.400. The second-order valence-electron chi connectivity index (χ2n) is 8.42. The first-order valence-corrected chi connectivity index (χ1v) is 11.3. The Bertz CT molecular complexity index is 1020. The maximum Gasteiger partial charge on any atom is 0.417 e. The number of anilines is 1. The van der Waals surface area contributed by atoms with Gasteiger partial charge in [0.2, 0.25) is 0 Å². The maximum atomic E-state index is 13.2. The first-order chi connectivity index (χ1) is 15.9. The van der Waals surface area contributed by atoms with Crippen LogP contribution in [-0.2, 0) is 12.7 Å². The van der Waals surface area contributed by atoms with Gasteiger partial charge in [0.15, 0.2) is 5.76 Å². The number of hydrogen-bond acceptors (Lipinski definition) is 5. The first-order valence-electron chi connectivity index (χ1n) is 11.3. The molecule has 3 aromatic rings. The molecule has 0 atom stereocenters. The molecule has 0 aliphatic carbocycles. The van der Waals surface area contributed by atoms with Gasteiger partial charge in [0.05, 0.1) is 12.1 Å². The quantitative estimate of drug-likeness (QED) is 0.483. The highest BCUT2D eigenvalue weighted by atomic mass is 19.4. The lowest BCUT2D eigenvalue weighted by molar-refractivity contribution is -0.137. The molecule has 8 heteroatoms.